The van der Waals surface area contributed by atoms with E-state index in [-0.39, 0.29) is 29.1 Å². The van der Waals surface area contributed by atoms with Crippen molar-refractivity contribution in [2.45, 2.75) is 30.9 Å². The molecule has 7 heteroatoms. The van der Waals surface area contributed by atoms with Crippen molar-refractivity contribution in [3.8, 4) is 0 Å². The first-order chi connectivity index (χ1) is 11.9. The van der Waals surface area contributed by atoms with Crippen LogP contribution in [0.15, 0.2) is 24.3 Å². The van der Waals surface area contributed by atoms with Crippen molar-refractivity contribution in [2.24, 2.45) is 0 Å². The first-order valence-electron chi connectivity index (χ1n) is 8.56. The zero-order valence-corrected chi connectivity index (χ0v) is 14.6. The normalized spacial score (nSPS) is 22.0. The van der Waals surface area contributed by atoms with Crippen LogP contribution in [-0.2, 0) is 4.74 Å². The van der Waals surface area contributed by atoms with E-state index in [0.29, 0.717) is 32.5 Å². The quantitative estimate of drug-likeness (QED) is 0.887. The van der Waals surface area contributed by atoms with Gasteiger partial charge in [0.1, 0.15) is 5.82 Å². The Kier molecular flexibility index (Phi) is 4.94. The second kappa shape index (κ2) is 7.00. The molecule has 2 heterocycles. The average molecular weight is 349 g/mol. The molecule has 6 nitrogen and oxygen atoms in total. The molecule has 0 saturated carbocycles. The second-order valence-electron chi connectivity index (χ2n) is 7.01. The standard InChI is InChI=1S/C18H24FN3O3/c1-21(2)17(24)20-13-11-18(25-12-13)7-9-22(10-8-18)16(23)14-5-3-4-6-15(14)19/h3-6,13H,7-12H2,1-2H3,(H,20,24). The third kappa shape index (κ3) is 3.76. The number of hydrogen-bond acceptors (Lipinski definition) is 3. The van der Waals surface area contributed by atoms with Crippen LogP contribution in [0.5, 0.6) is 0 Å². The number of piperidine rings is 1. The smallest absolute Gasteiger partial charge is 0.317 e. The van der Waals surface area contributed by atoms with Gasteiger partial charge in [-0.05, 0) is 31.4 Å². The van der Waals surface area contributed by atoms with Crippen molar-refractivity contribution < 1.29 is 18.7 Å². The molecule has 0 aliphatic carbocycles. The van der Waals surface area contributed by atoms with Gasteiger partial charge in [-0.1, -0.05) is 12.1 Å². The number of nitrogens with one attached hydrogen (secondary N) is 1. The largest absolute Gasteiger partial charge is 0.373 e. The summed E-state index contributed by atoms with van der Waals surface area (Å²) in [4.78, 5) is 27.4. The highest BCUT2D eigenvalue weighted by atomic mass is 19.1. The average Bonchev–Trinajstić information content (AvgIpc) is 2.97. The maximum absolute atomic E-state index is 13.8. The number of carbonyl (C=O) groups excluding carboxylic acids is 2. The maximum atomic E-state index is 13.8. The number of benzene rings is 1. The maximum Gasteiger partial charge on any atom is 0.317 e. The SMILES string of the molecule is CN(C)C(=O)NC1COC2(CCN(C(=O)c3ccccc3F)CC2)C1. The van der Waals surface area contributed by atoms with Crippen LogP contribution < -0.4 is 5.32 Å². The molecule has 25 heavy (non-hydrogen) atoms. The Morgan fingerprint density at radius 1 is 1.28 bits per heavy atom. The van der Waals surface area contributed by atoms with Crippen LogP contribution in [0, 0.1) is 5.82 Å². The van der Waals surface area contributed by atoms with Crippen molar-refractivity contribution in [3.63, 3.8) is 0 Å². The molecular formula is C18H24FN3O3. The minimum absolute atomic E-state index is 0.0104. The van der Waals surface area contributed by atoms with E-state index in [0.717, 1.165) is 6.42 Å². The minimum Gasteiger partial charge on any atom is -0.373 e. The van der Waals surface area contributed by atoms with Gasteiger partial charge in [0.15, 0.2) is 0 Å². The molecule has 1 aromatic carbocycles. The van der Waals surface area contributed by atoms with Crippen LogP contribution >= 0.6 is 0 Å². The lowest BCUT2D eigenvalue weighted by Gasteiger charge is -2.38. The molecule has 2 saturated heterocycles. The third-order valence-corrected chi connectivity index (χ3v) is 5.01. The van der Waals surface area contributed by atoms with E-state index < -0.39 is 5.82 Å². The molecular weight excluding hydrogens is 325 g/mol. The lowest BCUT2D eigenvalue weighted by molar-refractivity contribution is -0.0389. The van der Waals surface area contributed by atoms with Gasteiger partial charge in [-0.15, -0.1) is 0 Å². The second-order valence-corrected chi connectivity index (χ2v) is 7.01. The number of urea groups is 1. The number of ether oxygens (including phenoxy) is 1. The van der Waals surface area contributed by atoms with Gasteiger partial charge >= 0.3 is 6.03 Å². The highest BCUT2D eigenvalue weighted by molar-refractivity contribution is 5.94. The lowest BCUT2D eigenvalue weighted by atomic mass is 9.87. The van der Waals surface area contributed by atoms with Crippen LogP contribution in [0.4, 0.5) is 9.18 Å². The monoisotopic (exact) mass is 349 g/mol. The highest BCUT2D eigenvalue weighted by Crippen LogP contribution is 2.36. The Labute approximate surface area is 146 Å². The molecule has 2 aliphatic heterocycles. The summed E-state index contributed by atoms with van der Waals surface area (Å²) in [7, 11) is 3.40. The number of amides is 3. The van der Waals surface area contributed by atoms with Gasteiger partial charge < -0.3 is 19.9 Å². The van der Waals surface area contributed by atoms with Gasteiger partial charge in [0.2, 0.25) is 0 Å². The summed E-state index contributed by atoms with van der Waals surface area (Å²) in [5, 5.41) is 2.95. The van der Waals surface area contributed by atoms with E-state index in [1.165, 1.54) is 17.0 Å². The third-order valence-electron chi connectivity index (χ3n) is 5.01. The molecule has 136 valence electrons. The molecule has 0 aromatic heterocycles. The van der Waals surface area contributed by atoms with Crippen LogP contribution in [0.25, 0.3) is 0 Å². The molecule has 1 N–H and O–H groups in total. The van der Waals surface area contributed by atoms with Gasteiger partial charge in [-0.2, -0.15) is 0 Å². The van der Waals surface area contributed by atoms with Gasteiger partial charge in [0.05, 0.1) is 23.8 Å². The van der Waals surface area contributed by atoms with Gasteiger partial charge in [-0.3, -0.25) is 4.79 Å². The zero-order valence-electron chi connectivity index (χ0n) is 14.6. The van der Waals surface area contributed by atoms with E-state index >= 15 is 0 Å². The number of rotatable bonds is 2. The van der Waals surface area contributed by atoms with Crippen molar-refractivity contribution >= 4 is 11.9 Å². The summed E-state index contributed by atoms with van der Waals surface area (Å²) < 4.78 is 19.8. The van der Waals surface area contributed by atoms with Gasteiger partial charge in [0, 0.05) is 27.2 Å². The number of halogens is 1. The fourth-order valence-corrected chi connectivity index (χ4v) is 3.51. The van der Waals surface area contributed by atoms with Gasteiger partial charge in [0.25, 0.3) is 5.91 Å². The summed E-state index contributed by atoms with van der Waals surface area (Å²) in [6.07, 6.45) is 2.14. The van der Waals surface area contributed by atoms with E-state index in [2.05, 4.69) is 5.32 Å². The molecule has 1 aromatic rings. The summed E-state index contributed by atoms with van der Waals surface area (Å²) in [6.45, 7) is 1.55. The fourth-order valence-electron chi connectivity index (χ4n) is 3.51. The zero-order chi connectivity index (χ0) is 18.0. The number of nitrogens with zero attached hydrogens (tertiary/aromatic N) is 2. The predicted octanol–water partition coefficient (Wildman–Crippen LogP) is 1.86. The fraction of sp³-hybridized carbons (Fsp3) is 0.556. The Morgan fingerprint density at radius 3 is 2.60 bits per heavy atom. The van der Waals surface area contributed by atoms with Gasteiger partial charge in [-0.25, -0.2) is 9.18 Å². The van der Waals surface area contributed by atoms with Crippen molar-refractivity contribution in [1.82, 2.24) is 15.1 Å². The van der Waals surface area contributed by atoms with E-state index in [1.807, 2.05) is 0 Å². The van der Waals surface area contributed by atoms with E-state index in [4.69, 9.17) is 4.74 Å². The Hall–Kier alpha value is -2.15. The first-order valence-corrected chi connectivity index (χ1v) is 8.56. The predicted molar refractivity (Wildman–Crippen MR) is 90.8 cm³/mol. The Balaban J connectivity index is 1.56. The Bertz CT molecular complexity index is 657. The lowest BCUT2D eigenvalue weighted by Crippen LogP contribution is -2.47. The number of carbonyl (C=O) groups is 2. The summed E-state index contributed by atoms with van der Waals surface area (Å²) in [5.41, 5.74) is -0.182. The van der Waals surface area contributed by atoms with Crippen LogP contribution in [0.3, 0.4) is 0 Å². The molecule has 0 bridgehead atoms. The highest BCUT2D eigenvalue weighted by Gasteiger charge is 2.44. The topological polar surface area (TPSA) is 61.9 Å². The van der Waals surface area contributed by atoms with E-state index in [9.17, 15) is 14.0 Å². The molecule has 3 rings (SSSR count). The summed E-state index contributed by atoms with van der Waals surface area (Å²) in [6, 6.07) is 5.92. The minimum atomic E-state index is -0.489. The van der Waals surface area contributed by atoms with Crippen molar-refractivity contribution in [1.29, 1.82) is 0 Å². The van der Waals surface area contributed by atoms with Crippen LogP contribution in [0.2, 0.25) is 0 Å². The van der Waals surface area contributed by atoms with Crippen molar-refractivity contribution in [3.05, 3.63) is 35.6 Å². The Morgan fingerprint density at radius 2 is 1.96 bits per heavy atom. The summed E-state index contributed by atoms with van der Waals surface area (Å²) >= 11 is 0. The molecule has 2 aliphatic rings. The van der Waals surface area contributed by atoms with Crippen molar-refractivity contribution in [2.75, 3.05) is 33.8 Å². The molecule has 3 amide bonds. The molecule has 1 spiro atoms. The van der Waals surface area contributed by atoms with E-state index in [1.54, 1.807) is 31.1 Å². The molecule has 0 radical (unpaired) electrons. The molecule has 2 fully saturated rings. The summed E-state index contributed by atoms with van der Waals surface area (Å²) in [5.74, 6) is -0.764. The van der Waals surface area contributed by atoms with Crippen LogP contribution in [0.1, 0.15) is 29.6 Å². The number of hydrogen-bond donors (Lipinski definition) is 1. The molecule has 1 unspecified atom stereocenters. The van der Waals surface area contributed by atoms with Crippen LogP contribution in [-0.4, -0.2) is 67.2 Å². The first kappa shape index (κ1) is 17.7. The number of likely N-dealkylation sites (tertiary alicyclic amines) is 1. The molecule has 1 atom stereocenters.